The third-order valence-corrected chi connectivity index (χ3v) is 7.52. The number of aromatic nitrogens is 6. The van der Waals surface area contributed by atoms with Gasteiger partial charge >= 0.3 is 5.69 Å². The van der Waals surface area contributed by atoms with Gasteiger partial charge in [-0.05, 0) is 70.9 Å². The van der Waals surface area contributed by atoms with Crippen molar-refractivity contribution < 1.29 is 9.84 Å². The number of aryl methyl sites for hydroxylation is 2. The lowest BCUT2D eigenvalue weighted by Gasteiger charge is -2.14. The fraction of sp³-hybridized carbons (Fsp3) is 0.286. The minimum Gasteiger partial charge on any atom is -0.491 e. The molecule has 0 bridgehead atoms. The Morgan fingerprint density at radius 3 is 2.56 bits per heavy atom. The molecule has 0 aliphatic carbocycles. The molecule has 202 valence electrons. The quantitative estimate of drug-likeness (QED) is 0.182. The second kappa shape index (κ2) is 12.3. The van der Waals surface area contributed by atoms with Gasteiger partial charge in [0.1, 0.15) is 18.5 Å². The zero-order valence-corrected chi connectivity index (χ0v) is 22.7. The molecule has 2 aromatic heterocycles. The summed E-state index contributed by atoms with van der Waals surface area (Å²) in [6.07, 6.45) is 0.176. The molecule has 1 unspecified atom stereocenters. The highest BCUT2D eigenvalue weighted by molar-refractivity contribution is 7.99. The van der Waals surface area contributed by atoms with E-state index in [1.54, 1.807) is 39.7 Å². The third-order valence-electron chi connectivity index (χ3n) is 6.51. The second-order valence-corrected chi connectivity index (χ2v) is 10.3. The van der Waals surface area contributed by atoms with Gasteiger partial charge in [0.25, 0.3) is 0 Å². The van der Waals surface area contributed by atoms with Crippen LogP contribution in [0.25, 0.3) is 16.7 Å². The molecule has 1 atom stereocenters. The summed E-state index contributed by atoms with van der Waals surface area (Å²) in [5.74, 6) is 1.60. The van der Waals surface area contributed by atoms with Crippen molar-refractivity contribution in [2.24, 2.45) is 14.1 Å². The highest BCUT2D eigenvalue weighted by Gasteiger charge is 2.14. The van der Waals surface area contributed by atoms with Gasteiger partial charge in [0, 0.05) is 26.4 Å². The number of nitrogens with zero attached hydrogens (tertiary/aromatic N) is 6. The summed E-state index contributed by atoms with van der Waals surface area (Å²) >= 11 is 1.64. The molecule has 2 N–H and O–H groups in total. The molecule has 0 aliphatic heterocycles. The molecule has 0 radical (unpaired) electrons. The van der Waals surface area contributed by atoms with E-state index in [1.807, 2.05) is 72.8 Å². The summed E-state index contributed by atoms with van der Waals surface area (Å²) in [7, 11) is 3.47. The molecular formula is C28H31N7O3S. The highest BCUT2D eigenvalue weighted by atomic mass is 32.2. The summed E-state index contributed by atoms with van der Waals surface area (Å²) in [6.45, 7) is 1.75. The lowest BCUT2D eigenvalue weighted by Crippen LogP contribution is -2.19. The van der Waals surface area contributed by atoms with Crippen LogP contribution in [0.2, 0.25) is 0 Å². The van der Waals surface area contributed by atoms with E-state index >= 15 is 0 Å². The van der Waals surface area contributed by atoms with E-state index in [0.29, 0.717) is 11.3 Å². The van der Waals surface area contributed by atoms with Crippen LogP contribution in [0.1, 0.15) is 23.7 Å². The number of nitrogens with one attached hydrogen (secondary N) is 1. The fourth-order valence-corrected chi connectivity index (χ4v) is 5.13. The molecule has 5 aromatic rings. The molecule has 2 heterocycles. The Morgan fingerprint density at radius 1 is 1.00 bits per heavy atom. The first kappa shape index (κ1) is 26.7. The molecule has 10 nitrogen and oxygen atoms in total. The minimum atomic E-state index is -0.804. The van der Waals surface area contributed by atoms with E-state index in [1.165, 1.54) is 0 Å². The molecule has 11 heteroatoms. The van der Waals surface area contributed by atoms with Gasteiger partial charge < -0.3 is 15.2 Å². The van der Waals surface area contributed by atoms with Gasteiger partial charge in [-0.2, -0.15) is 4.68 Å². The number of hydrogen-bond donors (Lipinski definition) is 2. The maximum Gasteiger partial charge on any atom is 0.328 e. The summed E-state index contributed by atoms with van der Waals surface area (Å²) in [6, 6.07) is 23.2. The SMILES string of the molecule is Cn1c(=O)n(C)c2cc(C(O)COc3ccc(CNCCCSc4nnnn4-c4ccccc4)cc3)ccc21. The van der Waals surface area contributed by atoms with Gasteiger partial charge in [-0.3, -0.25) is 9.13 Å². The number of hydrogen-bond acceptors (Lipinski definition) is 8. The van der Waals surface area contributed by atoms with Crippen molar-refractivity contribution in [2.75, 3.05) is 18.9 Å². The second-order valence-electron chi connectivity index (χ2n) is 9.21. The van der Waals surface area contributed by atoms with E-state index < -0.39 is 6.10 Å². The van der Waals surface area contributed by atoms with Gasteiger partial charge in [-0.1, -0.05) is 48.2 Å². The molecule has 39 heavy (non-hydrogen) atoms. The number of fused-ring (bicyclic) bond motifs is 1. The normalized spacial score (nSPS) is 12.2. The predicted molar refractivity (Wildman–Crippen MR) is 151 cm³/mol. The molecular weight excluding hydrogens is 514 g/mol. The number of thioether (sulfide) groups is 1. The Kier molecular flexibility index (Phi) is 8.40. The lowest BCUT2D eigenvalue weighted by molar-refractivity contribution is 0.108. The number of tetrazole rings is 1. The van der Waals surface area contributed by atoms with Crippen LogP contribution in [0.15, 0.2) is 82.7 Å². The van der Waals surface area contributed by atoms with Gasteiger partial charge in [0.15, 0.2) is 0 Å². The number of benzene rings is 3. The smallest absolute Gasteiger partial charge is 0.328 e. The first-order valence-corrected chi connectivity index (χ1v) is 13.7. The van der Waals surface area contributed by atoms with Crippen LogP contribution in [0.4, 0.5) is 0 Å². The van der Waals surface area contributed by atoms with Crippen molar-refractivity contribution in [1.82, 2.24) is 34.7 Å². The van der Waals surface area contributed by atoms with E-state index in [-0.39, 0.29) is 12.3 Å². The Labute approximate surface area is 230 Å². The maximum absolute atomic E-state index is 12.1. The zero-order valence-electron chi connectivity index (χ0n) is 21.9. The Bertz CT molecular complexity index is 1580. The van der Waals surface area contributed by atoms with Crippen molar-refractivity contribution in [3.05, 3.63) is 94.4 Å². The summed E-state index contributed by atoms with van der Waals surface area (Å²) in [5, 5.41) is 26.9. The third kappa shape index (κ3) is 6.22. The van der Waals surface area contributed by atoms with Crippen LogP contribution < -0.4 is 15.7 Å². The van der Waals surface area contributed by atoms with Gasteiger partial charge in [-0.15, -0.1) is 5.10 Å². The molecule has 0 amide bonds. The topological polar surface area (TPSA) is 112 Å². The average molecular weight is 546 g/mol. The van der Waals surface area contributed by atoms with Crippen molar-refractivity contribution in [1.29, 1.82) is 0 Å². The van der Waals surface area contributed by atoms with Crippen LogP contribution >= 0.6 is 11.8 Å². The molecule has 0 saturated carbocycles. The first-order valence-electron chi connectivity index (χ1n) is 12.7. The average Bonchev–Trinajstić information content (AvgIpc) is 3.53. The van der Waals surface area contributed by atoms with E-state index in [9.17, 15) is 9.90 Å². The Morgan fingerprint density at radius 2 is 1.77 bits per heavy atom. The fourth-order valence-electron chi connectivity index (χ4n) is 4.30. The Balaban J connectivity index is 1.03. The number of para-hydroxylation sites is 1. The molecule has 0 spiro atoms. The van der Waals surface area contributed by atoms with Crippen molar-refractivity contribution in [3.63, 3.8) is 0 Å². The van der Waals surface area contributed by atoms with Gasteiger partial charge in [0.05, 0.1) is 16.7 Å². The van der Waals surface area contributed by atoms with E-state index in [0.717, 1.165) is 52.7 Å². The van der Waals surface area contributed by atoms with Crippen molar-refractivity contribution in [2.45, 2.75) is 24.2 Å². The van der Waals surface area contributed by atoms with Gasteiger partial charge in [0.2, 0.25) is 5.16 Å². The highest BCUT2D eigenvalue weighted by Crippen LogP contribution is 2.22. The summed E-state index contributed by atoms with van der Waals surface area (Å²) in [4.78, 5) is 12.1. The van der Waals surface area contributed by atoms with Gasteiger partial charge in [-0.25, -0.2) is 4.79 Å². The maximum atomic E-state index is 12.1. The molecule has 0 saturated heterocycles. The van der Waals surface area contributed by atoms with Crippen LogP contribution in [0.5, 0.6) is 5.75 Å². The number of aliphatic hydroxyl groups is 1. The molecule has 0 fully saturated rings. The Hall–Kier alpha value is -3.93. The number of imidazole rings is 1. The van der Waals surface area contributed by atoms with E-state index in [4.69, 9.17) is 4.74 Å². The first-order chi connectivity index (χ1) is 19.0. The van der Waals surface area contributed by atoms with Crippen LogP contribution in [-0.4, -0.2) is 53.4 Å². The predicted octanol–water partition coefficient (Wildman–Crippen LogP) is 3.24. The van der Waals surface area contributed by atoms with Crippen LogP contribution in [-0.2, 0) is 20.6 Å². The zero-order chi connectivity index (χ0) is 27.2. The minimum absolute atomic E-state index is 0.0942. The molecule has 5 rings (SSSR count). The summed E-state index contributed by atoms with van der Waals surface area (Å²) in [5.41, 5.74) is 4.32. The lowest BCUT2D eigenvalue weighted by atomic mass is 10.1. The van der Waals surface area contributed by atoms with Crippen LogP contribution in [0, 0.1) is 0 Å². The number of aliphatic hydroxyl groups excluding tert-OH is 1. The van der Waals surface area contributed by atoms with Crippen LogP contribution in [0.3, 0.4) is 0 Å². The summed E-state index contributed by atoms with van der Waals surface area (Å²) < 4.78 is 10.7. The monoisotopic (exact) mass is 545 g/mol. The standard InChI is InChI=1S/C28H31N7O3S/c1-33-24-14-11-21(17-25(24)34(2)28(33)37)26(36)19-38-23-12-9-20(10-13-23)18-29-15-6-16-39-27-30-31-32-35(27)22-7-4-3-5-8-22/h3-5,7-14,17,26,29,36H,6,15-16,18-19H2,1-2H3. The van der Waals surface area contributed by atoms with Crippen molar-refractivity contribution >= 4 is 22.8 Å². The number of rotatable bonds is 12. The molecule has 3 aromatic carbocycles. The van der Waals surface area contributed by atoms with E-state index in [2.05, 4.69) is 20.8 Å². The van der Waals surface area contributed by atoms with Crippen molar-refractivity contribution in [3.8, 4) is 11.4 Å². The number of ether oxygens (including phenoxy) is 1. The molecule has 0 aliphatic rings. The largest absolute Gasteiger partial charge is 0.491 e.